The lowest BCUT2D eigenvalue weighted by atomic mass is 9.95. The van der Waals surface area contributed by atoms with E-state index < -0.39 is 28.8 Å². The molecule has 2 aromatic heterocycles. The number of alkyl halides is 1. The Kier molecular flexibility index (Phi) is 9.13. The van der Waals surface area contributed by atoms with Gasteiger partial charge in [0.15, 0.2) is 12.6 Å². The van der Waals surface area contributed by atoms with Crippen LogP contribution < -0.4 is 20.0 Å². The molecule has 4 saturated heterocycles. The molecule has 0 spiro atoms. The first-order valence-corrected chi connectivity index (χ1v) is 18.4. The number of benzene rings is 2. The highest BCUT2D eigenvalue weighted by Crippen LogP contribution is 2.42. The minimum atomic E-state index is -0.942. The molecule has 6 heterocycles. The summed E-state index contributed by atoms with van der Waals surface area (Å²) in [6.45, 7) is 7.57. The van der Waals surface area contributed by atoms with E-state index in [1.54, 1.807) is 29.2 Å². The summed E-state index contributed by atoms with van der Waals surface area (Å²) in [5.74, 6) is 2.60. The highest BCUT2D eigenvalue weighted by Gasteiger charge is 2.50. The third kappa shape index (κ3) is 6.47. The van der Waals surface area contributed by atoms with Crippen molar-refractivity contribution < 1.29 is 36.9 Å². The van der Waals surface area contributed by atoms with Crippen molar-refractivity contribution in [1.29, 1.82) is 0 Å². The van der Waals surface area contributed by atoms with Gasteiger partial charge in [0.1, 0.15) is 41.1 Å². The number of amides is 1. The molecule has 2 bridgehead atoms. The van der Waals surface area contributed by atoms with Crippen molar-refractivity contribution in [1.82, 2.24) is 19.8 Å². The second-order valence-electron chi connectivity index (χ2n) is 15.7. The highest BCUT2D eigenvalue weighted by molar-refractivity contribution is 6.02. The Morgan fingerprint density at radius 1 is 1.09 bits per heavy atom. The quantitative estimate of drug-likeness (QED) is 0.155. The van der Waals surface area contributed by atoms with E-state index >= 15 is 4.39 Å². The lowest BCUT2D eigenvalue weighted by molar-refractivity contribution is 0.0122. The largest absolute Gasteiger partial charge is 0.468 e. The number of anilines is 1. The summed E-state index contributed by atoms with van der Waals surface area (Å²) in [6.07, 6.45) is 8.11. The highest BCUT2D eigenvalue weighted by atomic mass is 19.1. The van der Waals surface area contributed by atoms with E-state index in [2.05, 4.69) is 10.8 Å². The van der Waals surface area contributed by atoms with Crippen LogP contribution in [0.5, 0.6) is 11.8 Å². The molecule has 12 nitrogen and oxygen atoms in total. The van der Waals surface area contributed by atoms with Gasteiger partial charge in [-0.2, -0.15) is 9.97 Å². The van der Waals surface area contributed by atoms with Gasteiger partial charge in [-0.05, 0) is 76.6 Å². The standard InChI is InChI=1S/C40H43F2N5O7/c1-6-28-30(42)11-8-23-14-27(52-22-50-5)15-29(33(23)28)32-16-31-34(36(48)53-32)35(44-37(43-31)51-21-40-12-7-13-46(40)18-24(41)17-40)45-19-25-9-10-26(20-45)47(25)38(49)54-39(2,3)4/h1,8,11,14-16,24-26H,7,9-10,12-13,17-22H2,2-5H3/t24-,25-,26+,40+/m1/s1. The first kappa shape index (κ1) is 36.0. The van der Waals surface area contributed by atoms with Gasteiger partial charge in [0.2, 0.25) is 0 Å². The van der Waals surface area contributed by atoms with Crippen LogP contribution in [0.3, 0.4) is 0 Å². The van der Waals surface area contributed by atoms with Gasteiger partial charge >= 0.3 is 17.7 Å². The van der Waals surface area contributed by atoms with Gasteiger partial charge in [-0.3, -0.25) is 9.80 Å². The number of hydrogen-bond acceptors (Lipinski definition) is 11. The van der Waals surface area contributed by atoms with Crippen molar-refractivity contribution >= 4 is 33.6 Å². The topological polar surface area (TPSA) is 120 Å². The molecular formula is C40H43F2N5O7. The Morgan fingerprint density at radius 2 is 1.87 bits per heavy atom. The Morgan fingerprint density at radius 3 is 2.59 bits per heavy atom. The minimum absolute atomic E-state index is 0.00243. The number of carbonyl (C=O) groups is 1. The lowest BCUT2D eigenvalue weighted by Crippen LogP contribution is -2.57. The average molecular weight is 744 g/mol. The number of terminal acetylenes is 1. The molecule has 4 fully saturated rings. The summed E-state index contributed by atoms with van der Waals surface area (Å²) < 4.78 is 58.8. The maximum absolute atomic E-state index is 15.1. The smallest absolute Gasteiger partial charge is 0.410 e. The van der Waals surface area contributed by atoms with Crippen LogP contribution >= 0.6 is 0 Å². The van der Waals surface area contributed by atoms with Crippen LogP contribution in [0.1, 0.15) is 58.4 Å². The minimum Gasteiger partial charge on any atom is -0.468 e. The monoisotopic (exact) mass is 743 g/mol. The number of aromatic nitrogens is 2. The normalized spacial score (nSPS) is 23.9. The predicted molar refractivity (Wildman–Crippen MR) is 197 cm³/mol. The van der Waals surface area contributed by atoms with Crippen LogP contribution in [-0.2, 0) is 9.47 Å². The summed E-state index contributed by atoms with van der Waals surface area (Å²) in [7, 11) is 1.49. The first-order chi connectivity index (χ1) is 25.9. The molecule has 0 unspecified atom stereocenters. The van der Waals surface area contributed by atoms with Gasteiger partial charge in [0.25, 0.3) is 0 Å². The molecule has 0 aliphatic carbocycles. The average Bonchev–Trinajstić information content (AvgIpc) is 3.74. The Balaban J connectivity index is 1.24. The molecule has 4 aliphatic heterocycles. The summed E-state index contributed by atoms with van der Waals surface area (Å²) in [5, 5.41) is 1.04. The molecule has 0 saturated carbocycles. The number of methoxy groups -OCH3 is 1. The van der Waals surface area contributed by atoms with Crippen LogP contribution in [0, 0.1) is 18.2 Å². The number of nitrogens with zero attached hydrogens (tertiary/aromatic N) is 5. The van der Waals surface area contributed by atoms with Crippen molar-refractivity contribution in [3.8, 4) is 35.4 Å². The number of piperazine rings is 1. The SMILES string of the molecule is C#Cc1c(F)ccc2cc(OCOC)cc(-c3cc4nc(OC[C@@]56CCCN5C[C@H](F)C6)nc(N5C[C@H]6CC[C@@H](C5)N6C(=O)OC(C)(C)C)c4c(=O)o3)c12. The van der Waals surface area contributed by atoms with Gasteiger partial charge in [0, 0.05) is 50.2 Å². The maximum atomic E-state index is 15.1. The lowest BCUT2D eigenvalue weighted by Gasteiger charge is -2.41. The maximum Gasteiger partial charge on any atom is 0.410 e. The van der Waals surface area contributed by atoms with Gasteiger partial charge in [-0.1, -0.05) is 12.0 Å². The predicted octanol–water partition coefficient (Wildman–Crippen LogP) is 6.05. The summed E-state index contributed by atoms with van der Waals surface area (Å²) in [6, 6.07) is 7.42. The Hall–Kier alpha value is -5.00. The van der Waals surface area contributed by atoms with E-state index in [1.807, 2.05) is 25.7 Å². The van der Waals surface area contributed by atoms with Gasteiger partial charge in [-0.15, -0.1) is 6.42 Å². The summed E-state index contributed by atoms with van der Waals surface area (Å²) >= 11 is 0. The fraction of sp³-hybridized carbons (Fsp3) is 0.500. The van der Waals surface area contributed by atoms with Crippen LogP contribution in [0.4, 0.5) is 19.4 Å². The molecule has 4 aliphatic rings. The van der Waals surface area contributed by atoms with Crippen LogP contribution in [0.25, 0.3) is 33.0 Å². The molecule has 0 N–H and O–H groups in total. The molecule has 4 aromatic rings. The van der Waals surface area contributed by atoms with E-state index in [0.717, 1.165) is 32.2 Å². The Labute approximate surface area is 311 Å². The van der Waals surface area contributed by atoms with Crippen LogP contribution in [0.15, 0.2) is 39.5 Å². The van der Waals surface area contributed by atoms with E-state index in [1.165, 1.54) is 13.2 Å². The Bertz CT molecular complexity index is 2220. The van der Waals surface area contributed by atoms with Crippen molar-refractivity contribution in [3.05, 3.63) is 52.1 Å². The number of rotatable bonds is 8. The van der Waals surface area contributed by atoms with E-state index in [4.69, 9.17) is 39.8 Å². The molecule has 54 heavy (non-hydrogen) atoms. The van der Waals surface area contributed by atoms with Crippen molar-refractivity contribution in [2.45, 2.75) is 82.3 Å². The molecule has 14 heteroatoms. The summed E-state index contributed by atoms with van der Waals surface area (Å²) in [5.41, 5.74) is -1.29. The number of ether oxygens (including phenoxy) is 4. The zero-order chi connectivity index (χ0) is 37.9. The second kappa shape index (κ2) is 13.7. The molecule has 1 amide bonds. The van der Waals surface area contributed by atoms with Crippen LogP contribution in [0.2, 0.25) is 0 Å². The molecular weight excluding hydrogens is 700 g/mol. The number of carbonyl (C=O) groups excluding carboxylic acids is 1. The van der Waals surface area contributed by atoms with Gasteiger partial charge in [0.05, 0.1) is 28.7 Å². The number of hydrogen-bond donors (Lipinski definition) is 0. The van der Waals surface area contributed by atoms with Crippen molar-refractivity contribution in [2.75, 3.05) is 51.6 Å². The number of halogens is 2. The number of fused-ring (bicyclic) bond motifs is 5. The fourth-order valence-corrected chi connectivity index (χ4v) is 8.77. The molecule has 0 radical (unpaired) electrons. The fourth-order valence-electron chi connectivity index (χ4n) is 8.77. The summed E-state index contributed by atoms with van der Waals surface area (Å²) in [4.78, 5) is 43.0. The van der Waals surface area contributed by atoms with E-state index in [0.29, 0.717) is 54.0 Å². The molecule has 284 valence electrons. The third-order valence-corrected chi connectivity index (χ3v) is 11.0. The first-order valence-electron chi connectivity index (χ1n) is 18.4. The van der Waals surface area contributed by atoms with E-state index in [-0.39, 0.29) is 59.8 Å². The van der Waals surface area contributed by atoms with Crippen molar-refractivity contribution in [2.24, 2.45) is 0 Å². The van der Waals surface area contributed by atoms with Crippen LogP contribution in [-0.4, -0.2) is 102 Å². The van der Waals surface area contributed by atoms with Gasteiger partial charge < -0.3 is 28.3 Å². The zero-order valence-corrected chi connectivity index (χ0v) is 30.8. The molecule has 8 rings (SSSR count). The molecule has 4 atom stereocenters. The third-order valence-electron chi connectivity index (χ3n) is 11.0. The van der Waals surface area contributed by atoms with E-state index in [9.17, 15) is 14.0 Å². The molecule has 2 aromatic carbocycles. The van der Waals surface area contributed by atoms with Gasteiger partial charge in [-0.25, -0.2) is 18.4 Å². The zero-order valence-electron chi connectivity index (χ0n) is 30.8. The second-order valence-corrected chi connectivity index (χ2v) is 15.7. The van der Waals surface area contributed by atoms with Crippen molar-refractivity contribution in [3.63, 3.8) is 0 Å².